The van der Waals surface area contributed by atoms with Crippen molar-refractivity contribution in [3.8, 4) is 0 Å². The van der Waals surface area contributed by atoms with E-state index in [2.05, 4.69) is 22.1 Å². The molecule has 3 heterocycles. The molecule has 1 aromatic carbocycles. The van der Waals surface area contributed by atoms with E-state index in [-0.39, 0.29) is 30.0 Å². The maximum absolute atomic E-state index is 12.6. The zero-order valence-corrected chi connectivity index (χ0v) is 18.7. The molecule has 0 radical (unpaired) electrons. The Balaban J connectivity index is 1.50. The first-order valence-electron chi connectivity index (χ1n) is 10.6. The summed E-state index contributed by atoms with van der Waals surface area (Å²) in [6.45, 7) is 7.65. The highest BCUT2D eigenvalue weighted by Crippen LogP contribution is 2.35. The molecule has 1 N–H and O–H groups in total. The van der Waals surface area contributed by atoms with Gasteiger partial charge in [-0.1, -0.05) is 36.7 Å². The molecule has 31 heavy (non-hydrogen) atoms. The monoisotopic (exact) mass is 442 g/mol. The molecule has 1 saturated heterocycles. The van der Waals surface area contributed by atoms with Crippen LogP contribution in [0.2, 0.25) is 5.02 Å². The van der Waals surface area contributed by atoms with Crippen molar-refractivity contribution in [2.75, 3.05) is 22.9 Å². The third kappa shape index (κ3) is 4.32. The predicted octanol–water partition coefficient (Wildman–Crippen LogP) is 4.24. The van der Waals surface area contributed by atoms with Crippen LogP contribution < -0.4 is 15.1 Å². The summed E-state index contributed by atoms with van der Waals surface area (Å²) in [6.07, 6.45) is 2.03. The molecule has 0 bridgehead atoms. The molecule has 0 saturated carbocycles. The van der Waals surface area contributed by atoms with Gasteiger partial charge in [-0.15, -0.1) is 0 Å². The number of anilines is 2. The summed E-state index contributed by atoms with van der Waals surface area (Å²) >= 11 is 6.50. The van der Waals surface area contributed by atoms with Crippen molar-refractivity contribution in [1.82, 2.24) is 10.3 Å². The van der Waals surface area contributed by atoms with Crippen LogP contribution in [0.5, 0.6) is 0 Å². The van der Waals surface area contributed by atoms with Gasteiger partial charge in [0.2, 0.25) is 0 Å². The van der Waals surface area contributed by atoms with E-state index in [0.717, 1.165) is 17.7 Å². The summed E-state index contributed by atoms with van der Waals surface area (Å²) in [5.74, 6) is 0.647. The fourth-order valence-electron chi connectivity index (χ4n) is 4.33. The minimum absolute atomic E-state index is 0.0278. The summed E-state index contributed by atoms with van der Waals surface area (Å²) < 4.78 is 5.41. The molecule has 2 atom stereocenters. The van der Waals surface area contributed by atoms with Crippen LogP contribution in [-0.4, -0.2) is 42.2 Å². The Morgan fingerprint density at radius 3 is 2.81 bits per heavy atom. The number of piperidine rings is 1. The lowest BCUT2D eigenvalue weighted by Gasteiger charge is -2.44. The molecule has 2 aliphatic rings. The Morgan fingerprint density at radius 1 is 1.32 bits per heavy atom. The fourth-order valence-corrected chi connectivity index (χ4v) is 4.62. The van der Waals surface area contributed by atoms with Gasteiger partial charge in [0.05, 0.1) is 16.3 Å². The lowest BCUT2D eigenvalue weighted by Crippen LogP contribution is -2.54. The fraction of sp³-hybridized carbons (Fsp3) is 0.435. The van der Waals surface area contributed by atoms with Crippen molar-refractivity contribution >= 4 is 35.1 Å². The SMILES string of the molecule is CC(C)NC(=O)c1cnc(N2CC[C@H](N3C(=O)OCc4ccccc43)[C@@H](C)C2)c(Cl)c1. The summed E-state index contributed by atoms with van der Waals surface area (Å²) in [7, 11) is 0. The van der Waals surface area contributed by atoms with E-state index in [9.17, 15) is 9.59 Å². The van der Waals surface area contributed by atoms with Crippen LogP contribution in [0.3, 0.4) is 0 Å². The number of rotatable bonds is 4. The van der Waals surface area contributed by atoms with E-state index in [0.29, 0.717) is 36.1 Å². The van der Waals surface area contributed by atoms with Crippen molar-refractivity contribution in [2.24, 2.45) is 5.92 Å². The van der Waals surface area contributed by atoms with E-state index in [1.807, 2.05) is 38.1 Å². The summed E-state index contributed by atoms with van der Waals surface area (Å²) in [6, 6.07) is 9.61. The maximum Gasteiger partial charge on any atom is 0.414 e. The third-order valence-corrected chi connectivity index (χ3v) is 6.07. The number of pyridine rings is 1. The number of hydrogen-bond acceptors (Lipinski definition) is 5. The first-order chi connectivity index (χ1) is 14.8. The average molecular weight is 443 g/mol. The molecule has 2 aromatic rings. The Kier molecular flexibility index (Phi) is 6.05. The number of cyclic esters (lactones) is 1. The molecule has 0 aliphatic carbocycles. The Hall–Kier alpha value is -2.80. The predicted molar refractivity (Wildman–Crippen MR) is 121 cm³/mol. The van der Waals surface area contributed by atoms with Crippen LogP contribution in [0.15, 0.2) is 36.5 Å². The number of para-hydroxylation sites is 1. The molecule has 2 aliphatic heterocycles. The van der Waals surface area contributed by atoms with Crippen LogP contribution in [0, 0.1) is 5.92 Å². The van der Waals surface area contributed by atoms with Crippen LogP contribution in [0.4, 0.5) is 16.3 Å². The maximum atomic E-state index is 12.6. The smallest absolute Gasteiger partial charge is 0.414 e. The number of carbonyl (C=O) groups is 2. The Morgan fingerprint density at radius 2 is 2.10 bits per heavy atom. The van der Waals surface area contributed by atoms with Crippen molar-refractivity contribution in [3.63, 3.8) is 0 Å². The van der Waals surface area contributed by atoms with E-state index in [1.165, 1.54) is 0 Å². The number of carbonyl (C=O) groups excluding carboxylic acids is 2. The van der Waals surface area contributed by atoms with Crippen LogP contribution in [0.1, 0.15) is 43.1 Å². The lowest BCUT2D eigenvalue weighted by atomic mass is 9.91. The van der Waals surface area contributed by atoms with Gasteiger partial charge in [0.1, 0.15) is 12.4 Å². The van der Waals surface area contributed by atoms with Gasteiger partial charge in [0.15, 0.2) is 0 Å². The summed E-state index contributed by atoms with van der Waals surface area (Å²) in [4.78, 5) is 33.2. The molecule has 0 spiro atoms. The van der Waals surface area contributed by atoms with Crippen LogP contribution >= 0.6 is 11.6 Å². The van der Waals surface area contributed by atoms with E-state index in [4.69, 9.17) is 16.3 Å². The lowest BCUT2D eigenvalue weighted by molar-refractivity contribution is 0.0942. The van der Waals surface area contributed by atoms with E-state index in [1.54, 1.807) is 17.2 Å². The zero-order valence-electron chi connectivity index (χ0n) is 18.0. The molecule has 7 nitrogen and oxygen atoms in total. The summed E-state index contributed by atoms with van der Waals surface area (Å²) in [5, 5.41) is 3.30. The highest BCUT2D eigenvalue weighted by atomic mass is 35.5. The molecular formula is C23H27ClN4O3. The molecule has 8 heteroatoms. The second-order valence-corrected chi connectivity index (χ2v) is 8.90. The zero-order chi connectivity index (χ0) is 22.1. The standard InChI is InChI=1S/C23H27ClN4O3/c1-14(2)26-22(29)17-10-18(24)21(25-11-17)27-9-8-19(15(3)12-27)28-20-7-5-4-6-16(20)13-31-23(28)30/h4-7,10-11,14-15,19H,8-9,12-13H2,1-3H3,(H,26,29)/t15-,19-/m0/s1. The molecule has 1 aromatic heterocycles. The second kappa shape index (κ2) is 8.75. The number of ether oxygens (including phenoxy) is 1. The van der Waals surface area contributed by atoms with E-state index < -0.39 is 0 Å². The van der Waals surface area contributed by atoms with Gasteiger partial charge < -0.3 is 15.0 Å². The largest absolute Gasteiger partial charge is 0.444 e. The highest BCUT2D eigenvalue weighted by Gasteiger charge is 2.38. The molecular weight excluding hydrogens is 416 g/mol. The molecule has 2 amide bonds. The average Bonchev–Trinajstić information content (AvgIpc) is 2.73. The van der Waals surface area contributed by atoms with Crippen molar-refractivity contribution < 1.29 is 14.3 Å². The number of nitrogens with one attached hydrogen (secondary N) is 1. The summed E-state index contributed by atoms with van der Waals surface area (Å²) in [5.41, 5.74) is 2.40. The number of aromatic nitrogens is 1. The number of amides is 2. The van der Waals surface area contributed by atoms with Gasteiger partial charge in [-0.25, -0.2) is 9.78 Å². The minimum Gasteiger partial charge on any atom is -0.444 e. The van der Waals surface area contributed by atoms with Crippen LogP contribution in [-0.2, 0) is 11.3 Å². The quantitative estimate of drug-likeness (QED) is 0.766. The first-order valence-corrected chi connectivity index (χ1v) is 11.0. The molecule has 164 valence electrons. The van der Waals surface area contributed by atoms with E-state index >= 15 is 0 Å². The van der Waals surface area contributed by atoms with Crippen molar-refractivity contribution in [1.29, 1.82) is 0 Å². The topological polar surface area (TPSA) is 74.8 Å². The van der Waals surface area contributed by atoms with Gasteiger partial charge in [0, 0.05) is 36.9 Å². The number of halogens is 1. The number of fused-ring (bicyclic) bond motifs is 1. The normalized spacial score (nSPS) is 21.0. The Bertz CT molecular complexity index is 997. The number of nitrogens with zero attached hydrogens (tertiary/aromatic N) is 3. The van der Waals surface area contributed by atoms with Crippen molar-refractivity contribution in [2.45, 2.75) is 45.9 Å². The highest BCUT2D eigenvalue weighted by molar-refractivity contribution is 6.33. The molecule has 0 unspecified atom stereocenters. The minimum atomic E-state index is -0.291. The van der Waals surface area contributed by atoms with Gasteiger partial charge in [-0.05, 0) is 38.3 Å². The van der Waals surface area contributed by atoms with Gasteiger partial charge >= 0.3 is 6.09 Å². The van der Waals surface area contributed by atoms with Gasteiger partial charge in [-0.3, -0.25) is 9.69 Å². The Labute approximate surface area is 187 Å². The third-order valence-electron chi connectivity index (χ3n) is 5.79. The number of benzene rings is 1. The van der Waals surface area contributed by atoms with Crippen LogP contribution in [0.25, 0.3) is 0 Å². The molecule has 1 fully saturated rings. The first kappa shape index (κ1) is 21.4. The molecule has 4 rings (SSSR count). The van der Waals surface area contributed by atoms with Gasteiger partial charge in [0.25, 0.3) is 5.91 Å². The van der Waals surface area contributed by atoms with Crippen molar-refractivity contribution in [3.05, 3.63) is 52.7 Å². The number of hydrogen-bond donors (Lipinski definition) is 1. The van der Waals surface area contributed by atoms with Gasteiger partial charge in [-0.2, -0.15) is 0 Å². The second-order valence-electron chi connectivity index (χ2n) is 8.49.